The molecule has 1 atom stereocenters. The summed E-state index contributed by atoms with van der Waals surface area (Å²) in [5.74, 6) is -1.81. The van der Waals surface area contributed by atoms with Gasteiger partial charge in [-0.3, -0.25) is 14.9 Å². The number of nitrogens with one attached hydrogen (secondary N) is 1. The SMILES string of the molecule is N[C@@H](CO)C(=O)Oc1ccc(Cl)cc1C(=O)Nc1ccc([N+](=O)[O-])cc1Cl. The lowest BCUT2D eigenvalue weighted by atomic mass is 10.1. The van der Waals surface area contributed by atoms with Crippen molar-refractivity contribution in [1.82, 2.24) is 0 Å². The number of non-ortho nitro benzene ring substituents is 1. The number of halogens is 2. The number of rotatable bonds is 6. The van der Waals surface area contributed by atoms with Crippen LogP contribution in [0.25, 0.3) is 0 Å². The normalized spacial score (nSPS) is 11.6. The molecule has 9 nitrogen and oxygen atoms in total. The molecule has 1 amide bonds. The van der Waals surface area contributed by atoms with Crippen molar-refractivity contribution in [3.63, 3.8) is 0 Å². The quantitative estimate of drug-likeness (QED) is 0.285. The van der Waals surface area contributed by atoms with Crippen molar-refractivity contribution in [2.75, 3.05) is 11.9 Å². The van der Waals surface area contributed by atoms with Crippen molar-refractivity contribution < 1.29 is 24.4 Å². The van der Waals surface area contributed by atoms with E-state index >= 15 is 0 Å². The maximum atomic E-state index is 12.5. The van der Waals surface area contributed by atoms with Gasteiger partial charge in [0.25, 0.3) is 11.6 Å². The molecule has 0 aliphatic carbocycles. The topological polar surface area (TPSA) is 145 Å². The number of nitrogens with two attached hydrogens (primary N) is 1. The summed E-state index contributed by atoms with van der Waals surface area (Å²) in [6.45, 7) is -0.633. The first kappa shape index (κ1) is 20.6. The van der Waals surface area contributed by atoms with Crippen LogP contribution < -0.4 is 15.8 Å². The number of nitro groups is 1. The van der Waals surface area contributed by atoms with E-state index in [0.717, 1.165) is 6.07 Å². The van der Waals surface area contributed by atoms with Gasteiger partial charge in [0.1, 0.15) is 11.8 Å². The first-order valence-corrected chi connectivity index (χ1v) is 8.11. The third-order valence-electron chi connectivity index (χ3n) is 3.31. The molecule has 0 bridgehead atoms. The highest BCUT2D eigenvalue weighted by atomic mass is 35.5. The predicted molar refractivity (Wildman–Crippen MR) is 98.2 cm³/mol. The molecule has 0 saturated carbocycles. The van der Waals surface area contributed by atoms with Crippen LogP contribution in [0, 0.1) is 10.1 Å². The van der Waals surface area contributed by atoms with E-state index in [4.69, 9.17) is 38.8 Å². The van der Waals surface area contributed by atoms with Crippen LogP contribution in [0.1, 0.15) is 10.4 Å². The van der Waals surface area contributed by atoms with E-state index in [-0.39, 0.29) is 32.7 Å². The van der Waals surface area contributed by atoms with E-state index in [1.165, 1.54) is 30.3 Å². The van der Waals surface area contributed by atoms with Gasteiger partial charge in [0.05, 0.1) is 27.8 Å². The lowest BCUT2D eigenvalue weighted by Crippen LogP contribution is -2.37. The average molecular weight is 414 g/mol. The molecular weight excluding hydrogens is 401 g/mol. The van der Waals surface area contributed by atoms with Crippen LogP contribution in [0.2, 0.25) is 10.0 Å². The molecule has 2 aromatic rings. The number of benzene rings is 2. The number of ether oxygens (including phenoxy) is 1. The smallest absolute Gasteiger partial charge is 0.330 e. The first-order chi connectivity index (χ1) is 12.7. The van der Waals surface area contributed by atoms with Gasteiger partial charge in [-0.1, -0.05) is 23.2 Å². The fraction of sp³-hybridized carbons (Fsp3) is 0.125. The molecule has 2 rings (SSSR count). The molecule has 27 heavy (non-hydrogen) atoms. The molecule has 0 spiro atoms. The van der Waals surface area contributed by atoms with Crippen molar-refractivity contribution in [2.24, 2.45) is 5.73 Å². The molecular formula is C16H13Cl2N3O6. The number of amides is 1. The van der Waals surface area contributed by atoms with Crippen molar-refractivity contribution >= 4 is 46.5 Å². The van der Waals surface area contributed by atoms with Crippen LogP contribution >= 0.6 is 23.2 Å². The van der Waals surface area contributed by atoms with E-state index in [2.05, 4.69) is 5.32 Å². The Morgan fingerprint density at radius 3 is 2.56 bits per heavy atom. The zero-order valence-electron chi connectivity index (χ0n) is 13.5. The van der Waals surface area contributed by atoms with Crippen molar-refractivity contribution in [3.8, 4) is 5.75 Å². The molecule has 2 aromatic carbocycles. The summed E-state index contributed by atoms with van der Waals surface area (Å²) in [4.78, 5) is 34.4. The van der Waals surface area contributed by atoms with Crippen LogP contribution in [0.4, 0.5) is 11.4 Å². The maximum Gasteiger partial charge on any atom is 0.330 e. The number of nitro benzene ring substituents is 1. The lowest BCUT2D eigenvalue weighted by Gasteiger charge is -2.13. The molecule has 0 aromatic heterocycles. The van der Waals surface area contributed by atoms with E-state index in [1.54, 1.807) is 0 Å². The Morgan fingerprint density at radius 2 is 1.96 bits per heavy atom. The molecule has 0 unspecified atom stereocenters. The summed E-state index contributed by atoms with van der Waals surface area (Å²) in [6, 6.07) is 6.16. The number of hydrogen-bond acceptors (Lipinski definition) is 7. The Balaban J connectivity index is 2.29. The van der Waals surface area contributed by atoms with Gasteiger partial charge in [-0.05, 0) is 24.3 Å². The molecule has 0 fully saturated rings. The fourth-order valence-electron chi connectivity index (χ4n) is 1.94. The molecule has 0 aliphatic rings. The summed E-state index contributed by atoms with van der Waals surface area (Å²) in [5, 5.41) is 22.2. The first-order valence-electron chi connectivity index (χ1n) is 7.36. The van der Waals surface area contributed by atoms with E-state index < -0.39 is 29.4 Å². The molecule has 11 heteroatoms. The molecule has 0 saturated heterocycles. The highest BCUT2D eigenvalue weighted by molar-refractivity contribution is 6.34. The minimum atomic E-state index is -1.28. The van der Waals surface area contributed by atoms with Crippen molar-refractivity contribution in [3.05, 3.63) is 62.1 Å². The highest BCUT2D eigenvalue weighted by Gasteiger charge is 2.21. The largest absolute Gasteiger partial charge is 0.424 e. The van der Waals surface area contributed by atoms with Gasteiger partial charge in [-0.25, -0.2) is 4.79 Å². The van der Waals surface area contributed by atoms with E-state index in [1.807, 2.05) is 0 Å². The van der Waals surface area contributed by atoms with Gasteiger partial charge in [0.2, 0.25) is 0 Å². The molecule has 142 valence electrons. The Bertz CT molecular complexity index is 906. The standard InChI is InChI=1S/C16H13Cl2N3O6/c17-8-1-4-14(27-16(24)12(19)7-22)10(5-8)15(23)20-13-3-2-9(21(25)26)6-11(13)18/h1-6,12,22H,7,19H2,(H,20,23)/t12-/m0/s1. The Labute approximate surface area is 162 Å². The van der Waals surface area contributed by atoms with Gasteiger partial charge in [-0.15, -0.1) is 0 Å². The number of anilines is 1. The monoisotopic (exact) mass is 413 g/mol. The van der Waals surface area contributed by atoms with Gasteiger partial charge in [0, 0.05) is 17.2 Å². The molecule has 0 radical (unpaired) electrons. The second-order valence-electron chi connectivity index (χ2n) is 5.23. The van der Waals surface area contributed by atoms with Crippen LogP contribution in [0.5, 0.6) is 5.75 Å². The number of carbonyl (C=O) groups excluding carboxylic acids is 2. The van der Waals surface area contributed by atoms with Gasteiger partial charge < -0.3 is 20.9 Å². The van der Waals surface area contributed by atoms with Crippen LogP contribution in [0.15, 0.2) is 36.4 Å². The van der Waals surface area contributed by atoms with E-state index in [0.29, 0.717) is 0 Å². The Kier molecular flexibility index (Phi) is 6.70. The van der Waals surface area contributed by atoms with Crippen LogP contribution in [-0.4, -0.2) is 34.6 Å². The van der Waals surface area contributed by atoms with Gasteiger partial charge >= 0.3 is 5.97 Å². The van der Waals surface area contributed by atoms with Gasteiger partial charge in [-0.2, -0.15) is 0 Å². The van der Waals surface area contributed by atoms with Gasteiger partial charge in [0.15, 0.2) is 0 Å². The average Bonchev–Trinajstić information content (AvgIpc) is 2.63. The summed E-state index contributed by atoms with van der Waals surface area (Å²) in [7, 11) is 0. The number of aliphatic hydroxyl groups is 1. The van der Waals surface area contributed by atoms with E-state index in [9.17, 15) is 19.7 Å². The molecule has 0 aliphatic heterocycles. The number of hydrogen-bond donors (Lipinski definition) is 3. The second kappa shape index (κ2) is 8.78. The summed E-state index contributed by atoms with van der Waals surface area (Å²) in [5.41, 5.74) is 5.14. The fourth-order valence-corrected chi connectivity index (χ4v) is 2.33. The maximum absolute atomic E-state index is 12.5. The predicted octanol–water partition coefficient (Wildman–Crippen LogP) is 2.38. The second-order valence-corrected chi connectivity index (χ2v) is 6.07. The minimum Gasteiger partial charge on any atom is -0.424 e. The number of carbonyl (C=O) groups is 2. The Hall–Kier alpha value is -2.72. The summed E-state index contributed by atoms with van der Waals surface area (Å²) < 4.78 is 5.03. The summed E-state index contributed by atoms with van der Waals surface area (Å²) in [6.07, 6.45) is 0. The van der Waals surface area contributed by atoms with Crippen LogP contribution in [-0.2, 0) is 4.79 Å². The Morgan fingerprint density at radius 1 is 1.26 bits per heavy atom. The zero-order chi connectivity index (χ0) is 20.1. The van der Waals surface area contributed by atoms with Crippen molar-refractivity contribution in [1.29, 1.82) is 0 Å². The van der Waals surface area contributed by atoms with Crippen molar-refractivity contribution in [2.45, 2.75) is 6.04 Å². The molecule has 4 N–H and O–H groups in total. The summed E-state index contributed by atoms with van der Waals surface area (Å²) >= 11 is 11.8. The zero-order valence-corrected chi connectivity index (χ0v) is 15.0. The minimum absolute atomic E-state index is 0.0552. The number of nitrogens with zero attached hydrogens (tertiary/aromatic N) is 1. The molecule has 0 heterocycles. The third kappa shape index (κ3) is 5.14. The number of esters is 1. The van der Waals surface area contributed by atoms with Crippen LogP contribution in [0.3, 0.4) is 0 Å². The third-order valence-corrected chi connectivity index (χ3v) is 3.86. The highest BCUT2D eigenvalue weighted by Crippen LogP contribution is 2.29. The number of aliphatic hydroxyl groups excluding tert-OH is 1. The lowest BCUT2D eigenvalue weighted by molar-refractivity contribution is -0.384.